The van der Waals surface area contributed by atoms with Crippen LogP contribution in [0.15, 0.2) is 24.3 Å². The van der Waals surface area contributed by atoms with E-state index in [0.29, 0.717) is 37.4 Å². The molecule has 1 saturated heterocycles. The molecule has 22 heavy (non-hydrogen) atoms. The summed E-state index contributed by atoms with van der Waals surface area (Å²) < 4.78 is 5.10. The highest BCUT2D eigenvalue weighted by atomic mass is 35.5. The summed E-state index contributed by atoms with van der Waals surface area (Å²) in [7, 11) is 1.58. The monoisotopic (exact) mass is 328 g/mol. The highest BCUT2D eigenvalue weighted by Gasteiger charge is 2.27. The van der Waals surface area contributed by atoms with E-state index >= 15 is 0 Å². The Morgan fingerprint density at radius 2 is 2.23 bits per heavy atom. The smallest absolute Gasteiger partial charge is 0.307 e. The molecule has 2 N–H and O–H groups in total. The molecule has 0 aliphatic carbocycles. The van der Waals surface area contributed by atoms with Crippen LogP contribution in [-0.4, -0.2) is 48.6 Å². The zero-order valence-electron chi connectivity index (χ0n) is 12.4. The number of rotatable bonds is 6. The maximum Gasteiger partial charge on any atom is 0.307 e. The number of hydrogen-bond donors (Lipinski definition) is 2. The number of methoxy groups -OCH3 is 1. The van der Waals surface area contributed by atoms with E-state index in [1.807, 2.05) is 17.0 Å². The van der Waals surface area contributed by atoms with Gasteiger partial charge in [-0.25, -0.2) is 0 Å². The summed E-state index contributed by atoms with van der Waals surface area (Å²) in [6.07, 6.45) is 1.01. The van der Waals surface area contributed by atoms with Gasteiger partial charge in [-0.3, -0.25) is 9.59 Å². The van der Waals surface area contributed by atoms with Crippen molar-refractivity contribution in [1.82, 2.24) is 4.90 Å². The Balaban J connectivity index is 0.00000242. The van der Waals surface area contributed by atoms with Crippen LogP contribution in [0.3, 0.4) is 0 Å². The van der Waals surface area contributed by atoms with Crippen molar-refractivity contribution in [3.05, 3.63) is 24.3 Å². The number of carboxylic acids is 1. The van der Waals surface area contributed by atoms with Crippen LogP contribution in [-0.2, 0) is 9.59 Å². The van der Waals surface area contributed by atoms with Gasteiger partial charge in [0.25, 0.3) is 0 Å². The van der Waals surface area contributed by atoms with Crippen LogP contribution in [0.4, 0.5) is 5.69 Å². The topological polar surface area (TPSA) is 78.9 Å². The third kappa shape index (κ3) is 5.20. The molecule has 0 saturated carbocycles. The van der Waals surface area contributed by atoms with Gasteiger partial charge >= 0.3 is 5.97 Å². The first-order valence-electron chi connectivity index (χ1n) is 6.97. The number of carboxylic acid groups (broad SMARTS) is 1. The molecule has 6 nitrogen and oxygen atoms in total. The van der Waals surface area contributed by atoms with Gasteiger partial charge in [0.1, 0.15) is 5.75 Å². The second kappa shape index (κ2) is 8.60. The van der Waals surface area contributed by atoms with Crippen molar-refractivity contribution < 1.29 is 19.4 Å². The minimum absolute atomic E-state index is 0. The Morgan fingerprint density at radius 1 is 1.45 bits per heavy atom. The largest absolute Gasteiger partial charge is 0.497 e. The molecule has 1 amide bonds. The number of anilines is 1. The molecule has 1 heterocycles. The van der Waals surface area contributed by atoms with E-state index in [4.69, 9.17) is 9.84 Å². The van der Waals surface area contributed by atoms with Gasteiger partial charge in [-0.15, -0.1) is 12.4 Å². The van der Waals surface area contributed by atoms with Gasteiger partial charge in [0, 0.05) is 31.3 Å². The van der Waals surface area contributed by atoms with Crippen molar-refractivity contribution in [2.75, 3.05) is 32.1 Å². The Hall–Kier alpha value is -1.79. The van der Waals surface area contributed by atoms with Crippen LogP contribution in [0.2, 0.25) is 0 Å². The van der Waals surface area contributed by atoms with E-state index in [9.17, 15) is 9.59 Å². The van der Waals surface area contributed by atoms with Crippen molar-refractivity contribution in [1.29, 1.82) is 0 Å². The molecule has 7 heteroatoms. The van der Waals surface area contributed by atoms with Gasteiger partial charge in [0.05, 0.1) is 13.0 Å². The molecular weight excluding hydrogens is 308 g/mol. The van der Waals surface area contributed by atoms with E-state index in [0.717, 1.165) is 6.54 Å². The van der Waals surface area contributed by atoms with Crippen LogP contribution in [0.1, 0.15) is 12.8 Å². The lowest BCUT2D eigenvalue weighted by Gasteiger charge is -2.14. The first-order chi connectivity index (χ1) is 10.1. The molecule has 2 rings (SSSR count). The fourth-order valence-electron chi connectivity index (χ4n) is 2.42. The summed E-state index contributed by atoms with van der Waals surface area (Å²) in [5.74, 6) is -0.441. The molecule has 0 aromatic heterocycles. The van der Waals surface area contributed by atoms with Crippen LogP contribution in [0.25, 0.3) is 0 Å². The molecule has 1 aromatic rings. The third-order valence-corrected chi connectivity index (χ3v) is 3.63. The number of halogens is 1. The Bertz CT molecular complexity index is 524. The fraction of sp³-hybridized carbons (Fsp3) is 0.467. The maximum atomic E-state index is 11.9. The van der Waals surface area contributed by atoms with E-state index in [2.05, 4.69) is 5.32 Å². The summed E-state index contributed by atoms with van der Waals surface area (Å²) in [5, 5.41) is 11.7. The first-order valence-corrected chi connectivity index (χ1v) is 6.97. The molecule has 0 spiro atoms. The van der Waals surface area contributed by atoms with Crippen LogP contribution >= 0.6 is 12.4 Å². The quantitative estimate of drug-likeness (QED) is 0.833. The molecule has 1 unspecified atom stereocenters. The number of carbonyl (C=O) groups excluding carboxylic acids is 1. The van der Waals surface area contributed by atoms with Crippen LogP contribution in [0, 0.1) is 5.92 Å². The zero-order valence-corrected chi connectivity index (χ0v) is 13.3. The minimum atomic E-state index is -0.752. The molecule has 0 radical (unpaired) electrons. The van der Waals surface area contributed by atoms with Gasteiger partial charge in [-0.2, -0.15) is 0 Å². The van der Waals surface area contributed by atoms with Gasteiger partial charge in [-0.1, -0.05) is 6.07 Å². The number of amides is 1. The van der Waals surface area contributed by atoms with Gasteiger partial charge in [0.15, 0.2) is 0 Å². The summed E-state index contributed by atoms with van der Waals surface area (Å²) in [6, 6.07) is 7.18. The molecule has 122 valence electrons. The lowest BCUT2D eigenvalue weighted by Crippen LogP contribution is -2.27. The maximum absolute atomic E-state index is 11.9. The Morgan fingerprint density at radius 3 is 2.86 bits per heavy atom. The number of nitrogens with one attached hydrogen (secondary N) is 1. The minimum Gasteiger partial charge on any atom is -0.497 e. The standard InChI is InChI=1S/C15H20N2O4.ClH/c1-21-13-4-2-3-12(9-13)16-14(18)6-8-17-7-5-11(10-17)15(19)20;/h2-4,9,11H,5-8,10H2,1H3,(H,16,18)(H,19,20);1H. The van der Waals surface area contributed by atoms with Gasteiger partial charge in [0.2, 0.25) is 5.91 Å². The van der Waals surface area contributed by atoms with Crippen molar-refractivity contribution >= 4 is 30.0 Å². The number of benzene rings is 1. The highest BCUT2D eigenvalue weighted by Crippen LogP contribution is 2.18. The number of hydrogen-bond acceptors (Lipinski definition) is 4. The van der Waals surface area contributed by atoms with E-state index in [-0.39, 0.29) is 24.2 Å². The molecule has 1 atom stereocenters. The van der Waals surface area contributed by atoms with Crippen molar-refractivity contribution in [3.8, 4) is 5.75 Å². The Kier molecular flexibility index (Phi) is 7.14. The van der Waals surface area contributed by atoms with Crippen LogP contribution in [0.5, 0.6) is 5.75 Å². The molecule has 1 aromatic carbocycles. The van der Waals surface area contributed by atoms with Gasteiger partial charge < -0.3 is 20.1 Å². The average molecular weight is 329 g/mol. The first kappa shape index (κ1) is 18.3. The van der Waals surface area contributed by atoms with E-state index < -0.39 is 5.97 Å². The zero-order chi connectivity index (χ0) is 15.2. The predicted molar refractivity (Wildman–Crippen MR) is 85.7 cm³/mol. The lowest BCUT2D eigenvalue weighted by molar-refractivity contribution is -0.141. The predicted octanol–water partition coefficient (Wildman–Crippen LogP) is 1.85. The summed E-state index contributed by atoms with van der Waals surface area (Å²) >= 11 is 0. The lowest BCUT2D eigenvalue weighted by atomic mass is 10.1. The van der Waals surface area contributed by atoms with Crippen molar-refractivity contribution in [2.45, 2.75) is 12.8 Å². The normalized spacial score (nSPS) is 17.6. The Labute approximate surface area is 135 Å². The second-order valence-corrected chi connectivity index (χ2v) is 5.15. The number of ether oxygens (including phenoxy) is 1. The molecule has 1 aliphatic heterocycles. The molecule has 1 aliphatic rings. The highest BCUT2D eigenvalue weighted by molar-refractivity contribution is 5.91. The molecule has 1 fully saturated rings. The molecule has 0 bridgehead atoms. The van der Waals surface area contributed by atoms with Crippen molar-refractivity contribution in [3.63, 3.8) is 0 Å². The fourth-order valence-corrected chi connectivity index (χ4v) is 2.42. The summed E-state index contributed by atoms with van der Waals surface area (Å²) in [5.41, 5.74) is 0.698. The number of likely N-dealkylation sites (tertiary alicyclic amines) is 1. The summed E-state index contributed by atoms with van der Waals surface area (Å²) in [6.45, 7) is 1.85. The van der Waals surface area contributed by atoms with Crippen molar-refractivity contribution in [2.24, 2.45) is 5.92 Å². The number of aliphatic carboxylic acids is 1. The van der Waals surface area contributed by atoms with E-state index in [1.165, 1.54) is 0 Å². The summed E-state index contributed by atoms with van der Waals surface area (Å²) in [4.78, 5) is 24.8. The SMILES string of the molecule is COc1cccc(NC(=O)CCN2CCC(C(=O)O)C2)c1.Cl. The average Bonchev–Trinajstić information content (AvgIpc) is 2.94. The number of carbonyl (C=O) groups is 2. The number of nitrogens with zero attached hydrogens (tertiary/aromatic N) is 1. The molecular formula is C15H21ClN2O4. The van der Waals surface area contributed by atoms with E-state index in [1.54, 1.807) is 19.2 Å². The second-order valence-electron chi connectivity index (χ2n) is 5.15. The van der Waals surface area contributed by atoms with Gasteiger partial charge in [-0.05, 0) is 25.1 Å². The third-order valence-electron chi connectivity index (χ3n) is 3.63. The van der Waals surface area contributed by atoms with Crippen LogP contribution < -0.4 is 10.1 Å².